The number of hydrogen-bond donors (Lipinski definition) is 2. The lowest BCUT2D eigenvalue weighted by Gasteiger charge is -2.19. The highest BCUT2D eigenvalue weighted by Crippen LogP contribution is 2.31. The van der Waals surface area contributed by atoms with Crippen LogP contribution in [0.4, 0.5) is 0 Å². The monoisotopic (exact) mass is 181 g/mol. The Kier molecular flexibility index (Phi) is 1.62. The number of para-hydroxylation sites is 1. The highest BCUT2D eigenvalue weighted by molar-refractivity contribution is 7.80. The van der Waals surface area contributed by atoms with E-state index in [-0.39, 0.29) is 5.75 Å². The zero-order chi connectivity index (χ0) is 8.55. The molecule has 0 aliphatic carbocycles. The van der Waals surface area contributed by atoms with Gasteiger partial charge in [0.1, 0.15) is 0 Å². The molecule has 0 atom stereocenters. The Labute approximate surface area is 75.0 Å². The predicted octanol–water partition coefficient (Wildman–Crippen LogP) is 1.16. The fraction of sp³-hybridized carbons (Fsp3) is 0.125. The summed E-state index contributed by atoms with van der Waals surface area (Å²) in [5.74, 6) is 0.609. The van der Waals surface area contributed by atoms with Gasteiger partial charge >= 0.3 is 0 Å². The van der Waals surface area contributed by atoms with Crippen molar-refractivity contribution >= 4 is 17.4 Å². The molecular formula is C8H7NO2S. The largest absolute Gasteiger partial charge is 0.504 e. The second-order valence-electron chi connectivity index (χ2n) is 2.51. The molecule has 2 rings (SSSR count). The molecule has 0 saturated heterocycles. The molecule has 2 N–H and O–H groups in total. The van der Waals surface area contributed by atoms with Crippen LogP contribution in [-0.2, 0) is 6.54 Å². The third kappa shape index (κ3) is 1.10. The summed E-state index contributed by atoms with van der Waals surface area (Å²) in [6.45, 7) is 0.614. The van der Waals surface area contributed by atoms with E-state index in [1.807, 2.05) is 6.07 Å². The zero-order valence-corrected chi connectivity index (χ0v) is 7.02. The second-order valence-corrected chi connectivity index (χ2v) is 2.88. The maximum atomic E-state index is 9.36. The SMILES string of the molecule is Oc1cccc2c1OC(=S)NC2. The molecular weight excluding hydrogens is 174 g/mol. The van der Waals surface area contributed by atoms with Crippen molar-refractivity contribution in [1.29, 1.82) is 0 Å². The minimum absolute atomic E-state index is 0.136. The predicted molar refractivity (Wildman–Crippen MR) is 48.2 cm³/mol. The molecule has 0 amide bonds. The molecule has 0 radical (unpaired) electrons. The number of benzene rings is 1. The molecule has 62 valence electrons. The van der Waals surface area contributed by atoms with Crippen molar-refractivity contribution in [3.8, 4) is 11.5 Å². The first kappa shape index (κ1) is 7.36. The molecule has 0 aromatic heterocycles. The quantitative estimate of drug-likeness (QED) is 0.589. The van der Waals surface area contributed by atoms with Gasteiger partial charge in [-0.1, -0.05) is 12.1 Å². The summed E-state index contributed by atoms with van der Waals surface area (Å²) < 4.78 is 5.13. The zero-order valence-electron chi connectivity index (χ0n) is 6.20. The standard InChI is InChI=1S/C8H7NO2S/c10-6-3-1-2-5-4-9-8(12)11-7(5)6/h1-3,10H,4H2,(H,9,12). The van der Waals surface area contributed by atoms with Gasteiger partial charge in [-0.05, 0) is 18.3 Å². The summed E-state index contributed by atoms with van der Waals surface area (Å²) in [7, 11) is 0. The first-order valence-electron chi connectivity index (χ1n) is 3.54. The van der Waals surface area contributed by atoms with Gasteiger partial charge in [0, 0.05) is 12.1 Å². The maximum Gasteiger partial charge on any atom is 0.262 e. The van der Waals surface area contributed by atoms with Gasteiger partial charge in [-0.25, -0.2) is 0 Å². The summed E-state index contributed by atoms with van der Waals surface area (Å²) in [5.41, 5.74) is 0.920. The molecule has 1 heterocycles. The molecule has 3 nitrogen and oxygen atoms in total. The molecule has 4 heteroatoms. The Balaban J connectivity index is 2.50. The first-order valence-corrected chi connectivity index (χ1v) is 3.95. The smallest absolute Gasteiger partial charge is 0.262 e. The van der Waals surface area contributed by atoms with E-state index in [0.717, 1.165) is 5.56 Å². The van der Waals surface area contributed by atoms with Crippen LogP contribution in [0, 0.1) is 0 Å². The van der Waals surface area contributed by atoms with E-state index in [9.17, 15) is 5.11 Å². The lowest BCUT2D eigenvalue weighted by atomic mass is 10.2. The third-order valence-electron chi connectivity index (χ3n) is 1.69. The third-order valence-corrected chi connectivity index (χ3v) is 1.92. The van der Waals surface area contributed by atoms with Gasteiger partial charge in [0.15, 0.2) is 11.5 Å². The summed E-state index contributed by atoms with van der Waals surface area (Å²) in [5, 5.41) is 12.5. The van der Waals surface area contributed by atoms with Gasteiger partial charge in [-0.2, -0.15) is 0 Å². The van der Waals surface area contributed by atoms with E-state index in [1.54, 1.807) is 12.1 Å². The van der Waals surface area contributed by atoms with Crippen LogP contribution in [-0.4, -0.2) is 10.3 Å². The van der Waals surface area contributed by atoms with Crippen LogP contribution in [0.1, 0.15) is 5.56 Å². The molecule has 1 aromatic rings. The van der Waals surface area contributed by atoms with E-state index in [0.29, 0.717) is 17.5 Å². The number of fused-ring (bicyclic) bond motifs is 1. The van der Waals surface area contributed by atoms with Crippen LogP contribution in [0.5, 0.6) is 11.5 Å². The average Bonchev–Trinajstić information content (AvgIpc) is 2.07. The Morgan fingerprint density at radius 3 is 3.17 bits per heavy atom. The van der Waals surface area contributed by atoms with Crippen LogP contribution >= 0.6 is 12.2 Å². The van der Waals surface area contributed by atoms with Crippen molar-refractivity contribution < 1.29 is 9.84 Å². The van der Waals surface area contributed by atoms with Crippen LogP contribution in [0.3, 0.4) is 0 Å². The van der Waals surface area contributed by atoms with Crippen molar-refractivity contribution in [3.63, 3.8) is 0 Å². The molecule has 0 fully saturated rings. The van der Waals surface area contributed by atoms with E-state index in [4.69, 9.17) is 17.0 Å². The highest BCUT2D eigenvalue weighted by atomic mass is 32.1. The minimum atomic E-state index is 0.136. The van der Waals surface area contributed by atoms with Crippen LogP contribution < -0.4 is 10.1 Å². The minimum Gasteiger partial charge on any atom is -0.504 e. The van der Waals surface area contributed by atoms with Gasteiger partial charge in [0.25, 0.3) is 5.17 Å². The number of thiocarbonyl (C=S) groups is 1. The molecule has 0 bridgehead atoms. The van der Waals surface area contributed by atoms with E-state index < -0.39 is 0 Å². The Morgan fingerprint density at radius 1 is 1.50 bits per heavy atom. The Hall–Kier alpha value is -1.29. The summed E-state index contributed by atoms with van der Waals surface area (Å²) >= 11 is 4.80. The first-order chi connectivity index (χ1) is 5.77. The summed E-state index contributed by atoms with van der Waals surface area (Å²) in [4.78, 5) is 0. The van der Waals surface area contributed by atoms with Gasteiger partial charge in [0.2, 0.25) is 0 Å². The summed E-state index contributed by atoms with van der Waals surface area (Å²) in [6.07, 6.45) is 0. The number of aromatic hydroxyl groups is 1. The Bertz CT molecular complexity index is 338. The molecule has 1 aliphatic heterocycles. The van der Waals surface area contributed by atoms with E-state index in [1.165, 1.54) is 0 Å². The normalized spacial score (nSPS) is 14.5. The van der Waals surface area contributed by atoms with Crippen LogP contribution in [0.2, 0.25) is 0 Å². The number of rotatable bonds is 0. The summed E-state index contributed by atoms with van der Waals surface area (Å²) in [6, 6.07) is 5.23. The van der Waals surface area contributed by atoms with Gasteiger partial charge in [-0.15, -0.1) is 0 Å². The van der Waals surface area contributed by atoms with Crippen molar-refractivity contribution in [2.75, 3.05) is 0 Å². The number of nitrogens with one attached hydrogen (secondary N) is 1. The molecule has 12 heavy (non-hydrogen) atoms. The molecule has 0 saturated carbocycles. The van der Waals surface area contributed by atoms with Crippen molar-refractivity contribution in [3.05, 3.63) is 23.8 Å². The molecule has 0 unspecified atom stereocenters. The van der Waals surface area contributed by atoms with E-state index >= 15 is 0 Å². The van der Waals surface area contributed by atoms with Crippen molar-refractivity contribution in [1.82, 2.24) is 5.32 Å². The lowest BCUT2D eigenvalue weighted by molar-refractivity contribution is 0.417. The van der Waals surface area contributed by atoms with Crippen LogP contribution in [0.25, 0.3) is 0 Å². The number of hydrogen-bond acceptors (Lipinski definition) is 3. The van der Waals surface area contributed by atoms with Crippen molar-refractivity contribution in [2.24, 2.45) is 0 Å². The highest BCUT2D eigenvalue weighted by Gasteiger charge is 2.16. The molecule has 0 spiro atoms. The number of phenolic OH excluding ortho intramolecular Hbond substituents is 1. The molecule has 1 aromatic carbocycles. The van der Waals surface area contributed by atoms with Gasteiger partial charge in [0.05, 0.1) is 0 Å². The van der Waals surface area contributed by atoms with Crippen LogP contribution in [0.15, 0.2) is 18.2 Å². The molecule has 1 aliphatic rings. The lowest BCUT2D eigenvalue weighted by Crippen LogP contribution is -2.30. The number of phenols is 1. The maximum absolute atomic E-state index is 9.36. The van der Waals surface area contributed by atoms with Gasteiger partial charge in [-0.3, -0.25) is 0 Å². The van der Waals surface area contributed by atoms with Crippen molar-refractivity contribution in [2.45, 2.75) is 6.54 Å². The number of ether oxygens (including phenoxy) is 1. The fourth-order valence-electron chi connectivity index (χ4n) is 1.12. The second kappa shape index (κ2) is 2.64. The Morgan fingerprint density at radius 2 is 2.33 bits per heavy atom. The van der Waals surface area contributed by atoms with E-state index in [2.05, 4.69) is 5.32 Å². The average molecular weight is 181 g/mol. The topological polar surface area (TPSA) is 41.5 Å². The fourth-order valence-corrected chi connectivity index (χ4v) is 1.28. The van der Waals surface area contributed by atoms with Gasteiger partial charge < -0.3 is 15.2 Å².